The Labute approximate surface area is 143 Å². The Morgan fingerprint density at radius 1 is 1.20 bits per heavy atom. The largest absolute Gasteiger partial charge is 0.318 e. The lowest BCUT2D eigenvalue weighted by Crippen LogP contribution is -2.14. The van der Waals surface area contributed by atoms with Crippen LogP contribution in [0.5, 0.6) is 0 Å². The summed E-state index contributed by atoms with van der Waals surface area (Å²) in [5.41, 5.74) is 3.16. The normalized spacial score (nSPS) is 11.2. The summed E-state index contributed by atoms with van der Waals surface area (Å²) < 4.78 is 3.80. The Morgan fingerprint density at radius 2 is 2.04 bits per heavy atom. The second-order valence-electron chi connectivity index (χ2n) is 5.77. The summed E-state index contributed by atoms with van der Waals surface area (Å²) in [6.45, 7) is 1.59. The van der Waals surface area contributed by atoms with E-state index in [-0.39, 0.29) is 5.56 Å². The Bertz CT molecular complexity index is 1060. The van der Waals surface area contributed by atoms with Gasteiger partial charge in [-0.2, -0.15) is 5.10 Å². The Hall–Kier alpha value is -3.19. The fourth-order valence-corrected chi connectivity index (χ4v) is 2.93. The maximum Gasteiger partial charge on any atom is 0.260 e. The van der Waals surface area contributed by atoms with Gasteiger partial charge >= 0.3 is 0 Å². The van der Waals surface area contributed by atoms with E-state index in [2.05, 4.69) is 20.4 Å². The molecule has 7 nitrogen and oxygen atoms in total. The molecule has 0 bridgehead atoms. The molecule has 126 valence electrons. The molecule has 0 unspecified atom stereocenters. The van der Waals surface area contributed by atoms with Crippen LogP contribution in [-0.4, -0.2) is 37.9 Å². The van der Waals surface area contributed by atoms with Crippen molar-refractivity contribution in [1.82, 2.24) is 29.6 Å². The molecule has 0 fully saturated rings. The van der Waals surface area contributed by atoms with Crippen molar-refractivity contribution in [2.75, 3.05) is 13.6 Å². The average Bonchev–Trinajstić information content (AvgIpc) is 3.26. The van der Waals surface area contributed by atoms with Gasteiger partial charge in [0, 0.05) is 35.8 Å². The number of hydrogen-bond donors (Lipinski definition) is 2. The van der Waals surface area contributed by atoms with E-state index in [0.717, 1.165) is 29.9 Å². The van der Waals surface area contributed by atoms with Crippen molar-refractivity contribution in [2.24, 2.45) is 0 Å². The van der Waals surface area contributed by atoms with E-state index in [4.69, 9.17) is 0 Å². The number of benzene rings is 1. The molecule has 0 saturated heterocycles. The third-order valence-corrected chi connectivity index (χ3v) is 4.16. The van der Waals surface area contributed by atoms with E-state index < -0.39 is 0 Å². The minimum atomic E-state index is -0.155. The smallest absolute Gasteiger partial charge is 0.260 e. The fourth-order valence-electron chi connectivity index (χ4n) is 2.93. The minimum Gasteiger partial charge on any atom is -0.318 e. The molecule has 0 aliphatic rings. The second-order valence-corrected chi connectivity index (χ2v) is 5.77. The van der Waals surface area contributed by atoms with Gasteiger partial charge < -0.3 is 14.9 Å². The number of likely N-dealkylation sites (N-methyl/N-ethyl adjacent to an activating group) is 1. The maximum atomic E-state index is 12.5. The highest BCUT2D eigenvalue weighted by atomic mass is 16.1. The first-order valence-electron chi connectivity index (χ1n) is 8.09. The molecule has 7 heteroatoms. The van der Waals surface area contributed by atoms with Gasteiger partial charge in [0.1, 0.15) is 0 Å². The molecule has 3 heterocycles. The van der Waals surface area contributed by atoms with Gasteiger partial charge in [0.15, 0.2) is 5.65 Å². The van der Waals surface area contributed by atoms with Gasteiger partial charge in [0.05, 0.1) is 24.5 Å². The minimum absolute atomic E-state index is 0.155. The van der Waals surface area contributed by atoms with E-state index in [1.54, 1.807) is 6.20 Å². The Kier molecular flexibility index (Phi) is 3.91. The lowest BCUT2D eigenvalue weighted by atomic mass is 10.1. The monoisotopic (exact) mass is 334 g/mol. The topological polar surface area (TPSA) is 80.5 Å². The molecule has 3 aromatic heterocycles. The molecule has 0 atom stereocenters. The van der Waals surface area contributed by atoms with Crippen LogP contribution in [0.25, 0.3) is 27.8 Å². The number of aromatic nitrogens is 5. The lowest BCUT2D eigenvalue weighted by Gasteiger charge is -2.02. The molecule has 0 saturated carbocycles. The molecule has 0 aliphatic heterocycles. The quantitative estimate of drug-likeness (QED) is 0.583. The van der Waals surface area contributed by atoms with E-state index >= 15 is 0 Å². The predicted octanol–water partition coefficient (Wildman–Crippen LogP) is 1.80. The highest BCUT2D eigenvalue weighted by Gasteiger charge is 2.16. The second kappa shape index (κ2) is 6.37. The molecule has 25 heavy (non-hydrogen) atoms. The fraction of sp³-hybridized carbons (Fsp3) is 0.167. The third-order valence-electron chi connectivity index (χ3n) is 4.16. The summed E-state index contributed by atoms with van der Waals surface area (Å²) >= 11 is 0. The van der Waals surface area contributed by atoms with Crippen LogP contribution in [0, 0.1) is 0 Å². The standard InChI is InChI=1S/C18H18N6O/c1-19-7-8-23-10-13(9-22-23)15-11-24(14-5-3-2-4-6-14)17-16(15)18(25)21-12-20-17/h2-6,9-12,19H,7-8H2,1H3,(H,20,21,25). The van der Waals surface area contributed by atoms with Gasteiger partial charge in [0.2, 0.25) is 0 Å². The molecule has 4 aromatic rings. The first-order valence-corrected chi connectivity index (χ1v) is 8.09. The summed E-state index contributed by atoms with van der Waals surface area (Å²) in [5.74, 6) is 0. The molecule has 4 rings (SSSR count). The van der Waals surface area contributed by atoms with Crippen molar-refractivity contribution < 1.29 is 0 Å². The number of para-hydroxylation sites is 1. The SMILES string of the molecule is CNCCn1cc(-c2cn(-c3ccccc3)c3nc[nH]c(=O)c23)cn1. The zero-order valence-electron chi connectivity index (χ0n) is 13.8. The van der Waals surface area contributed by atoms with Gasteiger partial charge in [-0.3, -0.25) is 9.48 Å². The van der Waals surface area contributed by atoms with Crippen molar-refractivity contribution in [3.63, 3.8) is 0 Å². The highest BCUT2D eigenvalue weighted by Crippen LogP contribution is 2.29. The van der Waals surface area contributed by atoms with E-state index in [0.29, 0.717) is 11.0 Å². The van der Waals surface area contributed by atoms with E-state index in [1.165, 1.54) is 6.33 Å². The number of hydrogen-bond acceptors (Lipinski definition) is 4. The maximum absolute atomic E-state index is 12.5. The van der Waals surface area contributed by atoms with Gasteiger partial charge in [-0.25, -0.2) is 4.98 Å². The van der Waals surface area contributed by atoms with Crippen molar-refractivity contribution in [3.05, 3.63) is 65.6 Å². The molecule has 0 radical (unpaired) electrons. The van der Waals surface area contributed by atoms with Gasteiger partial charge in [0.25, 0.3) is 5.56 Å². The number of nitrogens with one attached hydrogen (secondary N) is 2. The van der Waals surface area contributed by atoms with Gasteiger partial charge in [-0.15, -0.1) is 0 Å². The first-order chi connectivity index (χ1) is 12.3. The lowest BCUT2D eigenvalue weighted by molar-refractivity contribution is 0.585. The summed E-state index contributed by atoms with van der Waals surface area (Å²) in [5, 5.41) is 8.05. The van der Waals surface area contributed by atoms with Crippen LogP contribution in [0.15, 0.2) is 60.0 Å². The van der Waals surface area contributed by atoms with Crippen LogP contribution < -0.4 is 10.9 Å². The van der Waals surface area contributed by atoms with Crippen molar-refractivity contribution in [2.45, 2.75) is 6.54 Å². The van der Waals surface area contributed by atoms with E-state index in [1.807, 2.05) is 59.0 Å². The molecule has 1 aromatic carbocycles. The zero-order chi connectivity index (χ0) is 17.2. The number of H-pyrrole nitrogens is 1. The number of rotatable bonds is 5. The first kappa shape index (κ1) is 15.3. The Balaban J connectivity index is 1.90. The van der Waals surface area contributed by atoms with Crippen LogP contribution in [0.3, 0.4) is 0 Å². The molecule has 0 spiro atoms. The number of fused-ring (bicyclic) bond motifs is 1. The third kappa shape index (κ3) is 2.74. The molecule has 0 amide bonds. The predicted molar refractivity (Wildman–Crippen MR) is 96.8 cm³/mol. The van der Waals surface area contributed by atoms with Crippen LogP contribution in [-0.2, 0) is 6.54 Å². The van der Waals surface area contributed by atoms with Gasteiger partial charge in [-0.1, -0.05) is 18.2 Å². The highest BCUT2D eigenvalue weighted by molar-refractivity contribution is 5.94. The Morgan fingerprint density at radius 3 is 2.84 bits per heavy atom. The molecular weight excluding hydrogens is 316 g/mol. The van der Waals surface area contributed by atoms with Crippen molar-refractivity contribution >= 4 is 11.0 Å². The van der Waals surface area contributed by atoms with Gasteiger partial charge in [-0.05, 0) is 19.2 Å². The van der Waals surface area contributed by atoms with Crippen LogP contribution in [0.1, 0.15) is 0 Å². The molecule has 2 N–H and O–H groups in total. The van der Waals surface area contributed by atoms with Crippen molar-refractivity contribution in [3.8, 4) is 16.8 Å². The summed E-state index contributed by atoms with van der Waals surface area (Å²) in [4.78, 5) is 19.5. The zero-order valence-corrected chi connectivity index (χ0v) is 13.8. The summed E-state index contributed by atoms with van der Waals surface area (Å²) in [6, 6.07) is 9.86. The van der Waals surface area contributed by atoms with Crippen molar-refractivity contribution in [1.29, 1.82) is 0 Å². The molecular formula is C18H18N6O. The van der Waals surface area contributed by atoms with E-state index in [9.17, 15) is 4.79 Å². The molecule has 0 aliphatic carbocycles. The number of nitrogens with zero attached hydrogens (tertiary/aromatic N) is 4. The number of aromatic amines is 1. The average molecular weight is 334 g/mol. The van der Waals surface area contributed by atoms with Crippen LogP contribution in [0.2, 0.25) is 0 Å². The summed E-state index contributed by atoms with van der Waals surface area (Å²) in [7, 11) is 1.91. The van der Waals surface area contributed by atoms with Crippen LogP contribution in [0.4, 0.5) is 0 Å². The van der Waals surface area contributed by atoms with Crippen LogP contribution >= 0.6 is 0 Å². The summed E-state index contributed by atoms with van der Waals surface area (Å²) in [6.07, 6.45) is 7.12.